The van der Waals surface area contributed by atoms with Crippen molar-refractivity contribution in [1.29, 1.82) is 0 Å². The van der Waals surface area contributed by atoms with Gasteiger partial charge in [-0.1, -0.05) is 13.3 Å². The van der Waals surface area contributed by atoms with E-state index in [0.29, 0.717) is 0 Å². The van der Waals surface area contributed by atoms with Gasteiger partial charge in [-0.25, -0.2) is 0 Å². The van der Waals surface area contributed by atoms with Crippen LogP contribution in [-0.2, 0) is 0 Å². The summed E-state index contributed by atoms with van der Waals surface area (Å²) < 4.78 is 0. The monoisotopic (exact) mass is 182 g/mol. The van der Waals surface area contributed by atoms with Crippen LogP contribution in [0.25, 0.3) is 0 Å². The molecular weight excluding hydrogens is 160 g/mol. The first kappa shape index (κ1) is 9.47. The van der Waals surface area contributed by atoms with Crippen molar-refractivity contribution in [3.63, 3.8) is 0 Å². The molecule has 0 aromatic rings. The standard InChI is InChI=1S/C11H22N2/c1-2-3-6-12-11-9-13-7-4-10(11)5-8-13/h10-12H,2-9H2,1H3. The maximum atomic E-state index is 3.71. The summed E-state index contributed by atoms with van der Waals surface area (Å²) in [4.78, 5) is 2.61. The summed E-state index contributed by atoms with van der Waals surface area (Å²) in [5, 5.41) is 3.71. The lowest BCUT2D eigenvalue weighted by Gasteiger charge is -2.45. The Labute approximate surface area is 81.7 Å². The molecule has 0 saturated carbocycles. The SMILES string of the molecule is CCCCNC1CN2CCC1CC2. The lowest BCUT2D eigenvalue weighted by Crippen LogP contribution is -2.56. The molecule has 3 aliphatic rings. The van der Waals surface area contributed by atoms with Crippen molar-refractivity contribution in [2.24, 2.45) is 5.92 Å². The van der Waals surface area contributed by atoms with Crippen molar-refractivity contribution in [3.8, 4) is 0 Å². The molecular formula is C11H22N2. The molecule has 0 aliphatic carbocycles. The number of fused-ring (bicyclic) bond motifs is 3. The summed E-state index contributed by atoms with van der Waals surface area (Å²) in [6.07, 6.45) is 5.52. The minimum Gasteiger partial charge on any atom is -0.312 e. The first-order valence-corrected chi connectivity index (χ1v) is 5.86. The molecule has 0 amide bonds. The van der Waals surface area contributed by atoms with E-state index in [1.54, 1.807) is 0 Å². The summed E-state index contributed by atoms with van der Waals surface area (Å²) in [5.41, 5.74) is 0. The van der Waals surface area contributed by atoms with Crippen LogP contribution in [0.5, 0.6) is 0 Å². The molecule has 0 spiro atoms. The summed E-state index contributed by atoms with van der Waals surface area (Å²) in [6, 6.07) is 0.814. The molecule has 13 heavy (non-hydrogen) atoms. The van der Waals surface area contributed by atoms with Crippen LogP contribution in [0, 0.1) is 5.92 Å². The van der Waals surface area contributed by atoms with Crippen molar-refractivity contribution >= 4 is 0 Å². The molecule has 1 atom stereocenters. The van der Waals surface area contributed by atoms with E-state index < -0.39 is 0 Å². The molecule has 3 aliphatic heterocycles. The number of unbranched alkanes of at least 4 members (excludes halogenated alkanes) is 1. The zero-order valence-corrected chi connectivity index (χ0v) is 8.76. The van der Waals surface area contributed by atoms with Crippen molar-refractivity contribution < 1.29 is 0 Å². The topological polar surface area (TPSA) is 15.3 Å². The molecule has 3 fully saturated rings. The molecule has 76 valence electrons. The average molecular weight is 182 g/mol. The third-order valence-corrected chi connectivity index (χ3v) is 3.59. The van der Waals surface area contributed by atoms with Gasteiger partial charge >= 0.3 is 0 Å². The second kappa shape index (κ2) is 4.43. The first-order valence-electron chi connectivity index (χ1n) is 5.86. The second-order valence-electron chi connectivity index (χ2n) is 4.55. The molecule has 0 radical (unpaired) electrons. The van der Waals surface area contributed by atoms with Crippen LogP contribution in [0.4, 0.5) is 0 Å². The van der Waals surface area contributed by atoms with Gasteiger partial charge < -0.3 is 10.2 Å². The van der Waals surface area contributed by atoms with Gasteiger partial charge in [-0.15, -0.1) is 0 Å². The number of nitrogens with one attached hydrogen (secondary N) is 1. The van der Waals surface area contributed by atoms with Crippen LogP contribution in [0.15, 0.2) is 0 Å². The van der Waals surface area contributed by atoms with Gasteiger partial charge in [0, 0.05) is 12.6 Å². The number of hydrogen-bond donors (Lipinski definition) is 1. The Bertz CT molecular complexity index is 150. The van der Waals surface area contributed by atoms with E-state index >= 15 is 0 Å². The van der Waals surface area contributed by atoms with Gasteiger partial charge in [-0.05, 0) is 44.8 Å². The quantitative estimate of drug-likeness (QED) is 0.662. The normalized spacial score (nSPS) is 38.1. The summed E-state index contributed by atoms with van der Waals surface area (Å²) >= 11 is 0. The first-order chi connectivity index (χ1) is 6.40. The van der Waals surface area contributed by atoms with Gasteiger partial charge in [0.25, 0.3) is 0 Å². The van der Waals surface area contributed by atoms with Crippen LogP contribution in [0.2, 0.25) is 0 Å². The molecule has 3 saturated heterocycles. The Hall–Kier alpha value is -0.0800. The molecule has 1 unspecified atom stereocenters. The van der Waals surface area contributed by atoms with Gasteiger partial charge in [0.2, 0.25) is 0 Å². The summed E-state index contributed by atoms with van der Waals surface area (Å²) in [7, 11) is 0. The molecule has 2 heteroatoms. The number of piperidine rings is 3. The van der Waals surface area contributed by atoms with E-state index in [0.717, 1.165) is 12.0 Å². The van der Waals surface area contributed by atoms with Crippen LogP contribution in [0.1, 0.15) is 32.6 Å². The Balaban J connectivity index is 1.74. The highest BCUT2D eigenvalue weighted by Crippen LogP contribution is 2.27. The van der Waals surface area contributed by atoms with Gasteiger partial charge in [0.15, 0.2) is 0 Å². The lowest BCUT2D eigenvalue weighted by molar-refractivity contribution is 0.0728. The predicted octanol–water partition coefficient (Wildman–Crippen LogP) is 1.47. The fraction of sp³-hybridized carbons (Fsp3) is 1.00. The molecule has 1 N–H and O–H groups in total. The fourth-order valence-corrected chi connectivity index (χ4v) is 2.66. The largest absolute Gasteiger partial charge is 0.312 e. The Morgan fingerprint density at radius 1 is 1.31 bits per heavy atom. The highest BCUT2D eigenvalue weighted by molar-refractivity contribution is 4.90. The molecule has 2 nitrogen and oxygen atoms in total. The fourth-order valence-electron chi connectivity index (χ4n) is 2.66. The van der Waals surface area contributed by atoms with E-state index in [1.165, 1.54) is 51.9 Å². The molecule has 2 bridgehead atoms. The highest BCUT2D eigenvalue weighted by Gasteiger charge is 2.33. The van der Waals surface area contributed by atoms with E-state index in [-0.39, 0.29) is 0 Å². The van der Waals surface area contributed by atoms with Crippen molar-refractivity contribution in [1.82, 2.24) is 10.2 Å². The smallest absolute Gasteiger partial charge is 0.0224 e. The molecule has 3 heterocycles. The van der Waals surface area contributed by atoms with Crippen LogP contribution in [0.3, 0.4) is 0 Å². The van der Waals surface area contributed by atoms with Crippen molar-refractivity contribution in [3.05, 3.63) is 0 Å². The number of hydrogen-bond acceptors (Lipinski definition) is 2. The van der Waals surface area contributed by atoms with Crippen LogP contribution in [-0.4, -0.2) is 37.1 Å². The summed E-state index contributed by atoms with van der Waals surface area (Å²) in [6.45, 7) is 7.52. The predicted molar refractivity (Wildman–Crippen MR) is 55.9 cm³/mol. The van der Waals surface area contributed by atoms with Crippen LogP contribution >= 0.6 is 0 Å². The maximum Gasteiger partial charge on any atom is 0.0224 e. The van der Waals surface area contributed by atoms with E-state index in [4.69, 9.17) is 0 Å². The Kier molecular flexibility index (Phi) is 3.23. The second-order valence-corrected chi connectivity index (χ2v) is 4.55. The lowest BCUT2D eigenvalue weighted by atomic mass is 9.84. The van der Waals surface area contributed by atoms with Gasteiger partial charge in [-0.2, -0.15) is 0 Å². The van der Waals surface area contributed by atoms with E-state index in [2.05, 4.69) is 17.1 Å². The highest BCUT2D eigenvalue weighted by atomic mass is 15.2. The summed E-state index contributed by atoms with van der Waals surface area (Å²) in [5.74, 6) is 0.988. The zero-order valence-electron chi connectivity index (χ0n) is 8.76. The minimum atomic E-state index is 0.814. The van der Waals surface area contributed by atoms with Crippen molar-refractivity contribution in [2.75, 3.05) is 26.2 Å². The van der Waals surface area contributed by atoms with Gasteiger partial charge in [-0.3, -0.25) is 0 Å². The minimum absolute atomic E-state index is 0.814. The Morgan fingerprint density at radius 3 is 2.62 bits per heavy atom. The number of nitrogens with zero attached hydrogens (tertiary/aromatic N) is 1. The average Bonchev–Trinajstić information content (AvgIpc) is 2.20. The zero-order chi connectivity index (χ0) is 9.10. The molecule has 0 aromatic heterocycles. The third-order valence-electron chi connectivity index (χ3n) is 3.59. The van der Waals surface area contributed by atoms with Crippen molar-refractivity contribution in [2.45, 2.75) is 38.6 Å². The third kappa shape index (κ3) is 2.23. The van der Waals surface area contributed by atoms with E-state index in [9.17, 15) is 0 Å². The number of rotatable bonds is 4. The van der Waals surface area contributed by atoms with Crippen LogP contribution < -0.4 is 5.32 Å². The van der Waals surface area contributed by atoms with Gasteiger partial charge in [0.05, 0.1) is 0 Å². The Morgan fingerprint density at radius 2 is 2.08 bits per heavy atom. The maximum absolute atomic E-state index is 3.71. The molecule has 3 rings (SSSR count). The molecule has 0 aromatic carbocycles. The van der Waals surface area contributed by atoms with E-state index in [1.807, 2.05) is 0 Å². The van der Waals surface area contributed by atoms with Gasteiger partial charge in [0.1, 0.15) is 0 Å².